The maximum atomic E-state index is 15.4. The van der Waals surface area contributed by atoms with E-state index in [1.165, 1.54) is 122 Å². The molecule has 3 heterocycles. The molecule has 1 saturated heterocycles. The van der Waals surface area contributed by atoms with E-state index in [0.717, 1.165) is 18.7 Å². The average Bonchev–Trinajstić information content (AvgIpc) is 1.81. The van der Waals surface area contributed by atoms with E-state index < -0.39 is 261 Å². The number of nitrogens with two attached hydrogens (primary N) is 2. The molecule has 16 amide bonds. The number of aromatic amines is 2. The standard InChI is InChI=1S/C86H115N23O23S/c1-44(2)27-59-74(121)94-39-70(117)100-67(76(123)93-37-68(87)115)40-133-41-71(118)99-62(30-48-10-18-54(112)19-11-48)80(127)106-66(34-52-36-91-43-97-52)84(131)107-65(33-51-35-90-42-96-51)83(130)105-64(32-50-14-22-56(114)23-15-50)82(129)104-63(31-49-12-20-55(113)21-13-49)81(128)101-57(7-6-26-92-86(88)89)78(125)109-73(46(5)110)85(132)108-60(28-45(3)4)79(126)103-61(29-47-8-16-53(111)17-9-47)75(122)95-38-69(116)98-58(77(124)102-59)24-25-72(119)120/h8-23,35-36,42-46,57-67,73,110-114H,6-7,24-34,37-41H2,1-5H3,(H2,87,115)(H,90,96)(H,91,97)(H,93,123)(H,94,121)(H,95,122)(H,98,116)(H,99,118)(H,100,117)(H,101,128)(H,102,124)(H,103,126)(H,104,129)(H,105,130)(H,106,127)(H,107,131)(H,108,132)(H,109,125)(H,119,120)(H4,88,89,92)/t46-,57+,58+,59+,60+,61+,62+,63+,64+,65+,66+,67+,73+/m1/s1. The summed E-state index contributed by atoms with van der Waals surface area (Å²) in [6.45, 7) is 5.07. The second-order valence-electron chi connectivity index (χ2n) is 32.4. The van der Waals surface area contributed by atoms with Crippen LogP contribution in [-0.2, 0) is 120 Å². The van der Waals surface area contributed by atoms with Crippen LogP contribution in [0.4, 0.5) is 0 Å². The zero-order valence-electron chi connectivity index (χ0n) is 73.5. The number of aliphatic carboxylic acids is 1. The van der Waals surface area contributed by atoms with Crippen molar-refractivity contribution >= 4 is 118 Å². The maximum Gasteiger partial charge on any atom is 0.303 e. The van der Waals surface area contributed by atoms with Crippen molar-refractivity contribution in [1.82, 2.24) is 105 Å². The minimum absolute atomic E-state index is 0.0618. The number of aliphatic hydroxyl groups excluding tert-OH is 1. The highest BCUT2D eigenvalue weighted by molar-refractivity contribution is 8.00. The fourth-order valence-electron chi connectivity index (χ4n) is 13.6. The molecule has 1 aliphatic heterocycles. The number of benzene rings is 4. The van der Waals surface area contributed by atoms with Crippen molar-refractivity contribution in [3.05, 3.63) is 156 Å². The van der Waals surface area contributed by atoms with Gasteiger partial charge in [0.15, 0.2) is 5.96 Å². The first-order valence-corrected chi connectivity index (χ1v) is 43.6. The predicted molar refractivity (Wildman–Crippen MR) is 477 cm³/mol. The van der Waals surface area contributed by atoms with E-state index in [9.17, 15) is 93.0 Å². The summed E-state index contributed by atoms with van der Waals surface area (Å²) in [6.07, 6.45) is -0.943. The van der Waals surface area contributed by atoms with Gasteiger partial charge in [0.05, 0.1) is 55.5 Å². The molecule has 718 valence electrons. The van der Waals surface area contributed by atoms with Crippen LogP contribution < -0.4 is 96.5 Å². The number of carbonyl (C=O) groups excluding carboxylic acids is 16. The van der Waals surface area contributed by atoms with Crippen LogP contribution in [0.25, 0.3) is 0 Å². The first-order chi connectivity index (χ1) is 63.1. The fraction of sp³-hybridized carbons (Fsp3) is 0.442. The van der Waals surface area contributed by atoms with Gasteiger partial charge in [-0.1, -0.05) is 76.2 Å². The van der Waals surface area contributed by atoms with Gasteiger partial charge in [0, 0.05) is 69.6 Å². The van der Waals surface area contributed by atoms with E-state index in [1.54, 1.807) is 27.7 Å². The van der Waals surface area contributed by atoms with Gasteiger partial charge in [-0.25, -0.2) is 9.97 Å². The summed E-state index contributed by atoms with van der Waals surface area (Å²) in [5, 5.41) is 110. The number of phenols is 4. The number of nitrogens with zero attached hydrogens (tertiary/aromatic N) is 2. The Labute approximate surface area is 767 Å². The minimum Gasteiger partial charge on any atom is -0.508 e. The third-order valence-corrected chi connectivity index (χ3v) is 21.4. The highest BCUT2D eigenvalue weighted by Gasteiger charge is 2.39. The van der Waals surface area contributed by atoms with Crippen molar-refractivity contribution in [2.24, 2.45) is 23.3 Å². The van der Waals surface area contributed by atoms with Gasteiger partial charge in [-0.3, -0.25) is 86.9 Å². The predicted octanol–water partition coefficient (Wildman–Crippen LogP) is -5.29. The van der Waals surface area contributed by atoms with E-state index in [4.69, 9.17) is 16.9 Å². The summed E-state index contributed by atoms with van der Waals surface area (Å²) in [7, 11) is 0. The lowest BCUT2D eigenvalue weighted by atomic mass is 10.00. The number of carboxylic acids is 1. The number of imidazole rings is 2. The van der Waals surface area contributed by atoms with Crippen LogP contribution in [0.15, 0.2) is 122 Å². The second-order valence-corrected chi connectivity index (χ2v) is 33.4. The van der Waals surface area contributed by atoms with Gasteiger partial charge in [0.2, 0.25) is 94.5 Å². The molecule has 0 aliphatic carbocycles. The van der Waals surface area contributed by atoms with Crippen LogP contribution >= 0.6 is 11.8 Å². The molecule has 1 aliphatic rings. The number of aliphatic hydroxyl groups is 1. The Morgan fingerprint density at radius 2 is 0.767 bits per heavy atom. The van der Waals surface area contributed by atoms with Crippen molar-refractivity contribution in [1.29, 1.82) is 5.41 Å². The number of carbonyl (C=O) groups is 17. The molecular formula is C86H115N23O23S. The third-order valence-electron chi connectivity index (χ3n) is 20.4. The van der Waals surface area contributed by atoms with Crippen LogP contribution in [0.3, 0.4) is 0 Å². The number of carboxylic acid groups (broad SMARTS) is 1. The Morgan fingerprint density at radius 1 is 0.429 bits per heavy atom. The number of rotatable bonds is 27. The highest BCUT2D eigenvalue weighted by Crippen LogP contribution is 2.20. The number of guanidine groups is 1. The Kier molecular flexibility index (Phi) is 41.6. The molecule has 4 aromatic carbocycles. The summed E-state index contributed by atoms with van der Waals surface area (Å²) < 4.78 is 0. The molecule has 0 spiro atoms. The quantitative estimate of drug-likeness (QED) is 0.0130. The van der Waals surface area contributed by atoms with Gasteiger partial charge >= 0.3 is 5.97 Å². The maximum absolute atomic E-state index is 15.4. The lowest BCUT2D eigenvalue weighted by Gasteiger charge is -2.29. The molecule has 47 heteroatoms. The molecule has 0 saturated carbocycles. The smallest absolute Gasteiger partial charge is 0.303 e. The first-order valence-electron chi connectivity index (χ1n) is 42.5. The highest BCUT2D eigenvalue weighted by atomic mass is 32.2. The van der Waals surface area contributed by atoms with E-state index >= 15 is 19.2 Å². The van der Waals surface area contributed by atoms with E-state index in [2.05, 4.69) is 105 Å². The lowest BCUT2D eigenvalue weighted by molar-refractivity contribution is -0.138. The zero-order valence-corrected chi connectivity index (χ0v) is 74.3. The van der Waals surface area contributed by atoms with Crippen molar-refractivity contribution in [3.63, 3.8) is 0 Å². The Bertz CT molecular complexity index is 4990. The molecule has 46 nitrogen and oxygen atoms in total. The van der Waals surface area contributed by atoms with Crippen molar-refractivity contribution < 1.29 is 112 Å². The first kappa shape index (κ1) is 105. The van der Waals surface area contributed by atoms with E-state index in [1.807, 2.05) is 0 Å². The summed E-state index contributed by atoms with van der Waals surface area (Å²) in [6, 6.07) is 1.24. The topological polar surface area (TPSA) is 737 Å². The molecule has 1 fully saturated rings. The molecule has 0 unspecified atom stereocenters. The lowest BCUT2D eigenvalue weighted by Crippen LogP contribution is -2.62. The van der Waals surface area contributed by atoms with Crippen molar-refractivity contribution in [2.45, 2.75) is 190 Å². The molecule has 133 heavy (non-hydrogen) atoms. The second kappa shape index (κ2) is 52.7. The number of phenolic OH excluding ortho intramolecular Hbond substituents is 4. The fourth-order valence-corrected chi connectivity index (χ4v) is 14.4. The normalized spacial score (nSPS) is 22.2. The Morgan fingerprint density at radius 3 is 1.16 bits per heavy atom. The SMILES string of the molecule is CC(C)C[C@@H]1NC(=O)[C@H](CCC(=O)O)NC(=O)CNC(=O)[C@H](Cc2ccc(O)cc2)NC(=O)[C@H](CC(C)C)NC(=O)[C@H]([C@@H](C)O)NC(=O)[C@H](CCCNC(=N)N)NC(=O)[C@H](Cc2ccc(O)cc2)NC(=O)[C@H](Cc2ccc(O)cc2)NC(=O)[C@H](Cc2c[nH]cn2)NC(=O)[C@H](Cc2c[nH]cn2)NC(=O)[C@H](Cc2ccc(O)cc2)NC(=O)CSC[C@@H](C(=O)NCC(N)=O)NC(=O)CNC1=O. The molecule has 0 radical (unpaired) electrons. The summed E-state index contributed by atoms with van der Waals surface area (Å²) >= 11 is 0.720. The molecule has 0 bridgehead atoms. The average molecular weight is 1870 g/mol. The molecule has 2 aromatic heterocycles. The van der Waals surface area contributed by atoms with Crippen LogP contribution in [0.1, 0.15) is 107 Å². The summed E-state index contributed by atoms with van der Waals surface area (Å²) in [5.74, 6) is -21.5. The van der Waals surface area contributed by atoms with Crippen LogP contribution in [0.5, 0.6) is 23.0 Å². The number of amides is 16. The number of hydrogen-bond donors (Lipinski definition) is 27. The molecule has 29 N–H and O–H groups in total. The number of aromatic hydroxyl groups is 4. The van der Waals surface area contributed by atoms with Gasteiger partial charge in [-0.2, -0.15) is 0 Å². The van der Waals surface area contributed by atoms with Crippen LogP contribution in [-0.4, -0.2) is 273 Å². The van der Waals surface area contributed by atoms with Gasteiger partial charge in [-0.15, -0.1) is 11.8 Å². The number of nitrogens with one attached hydrogen (secondary N) is 19. The van der Waals surface area contributed by atoms with Gasteiger partial charge in [0.1, 0.15) is 95.5 Å². The van der Waals surface area contributed by atoms with Crippen LogP contribution in [0.2, 0.25) is 0 Å². The van der Waals surface area contributed by atoms with E-state index in [0.29, 0.717) is 16.7 Å². The van der Waals surface area contributed by atoms with Crippen LogP contribution in [0, 0.1) is 17.2 Å². The summed E-state index contributed by atoms with van der Waals surface area (Å²) in [5.41, 5.74) is 12.5. The largest absolute Gasteiger partial charge is 0.508 e. The van der Waals surface area contributed by atoms with Crippen molar-refractivity contribution in [3.8, 4) is 23.0 Å². The number of H-pyrrole nitrogens is 2. The zero-order chi connectivity index (χ0) is 97.5. The summed E-state index contributed by atoms with van der Waals surface area (Å²) in [4.78, 5) is 257. The molecule has 6 aromatic rings. The van der Waals surface area contributed by atoms with Crippen molar-refractivity contribution in [2.75, 3.05) is 37.7 Å². The minimum atomic E-state index is -1.97. The monoisotopic (exact) mass is 1870 g/mol. The molecule has 13 atom stereocenters. The number of hydrogen-bond acceptors (Lipinski definition) is 26. The van der Waals surface area contributed by atoms with Gasteiger partial charge in [-0.05, 0) is 122 Å². The van der Waals surface area contributed by atoms with E-state index in [-0.39, 0.29) is 90.9 Å². The number of thioether (sulfide) groups is 1. The molecular weight excluding hydrogens is 1760 g/mol. The Balaban J connectivity index is 1.31. The number of primary amides is 1. The third kappa shape index (κ3) is 37.2. The molecule has 7 rings (SSSR count). The van der Waals surface area contributed by atoms with Gasteiger partial charge < -0.3 is 137 Å². The number of aromatic nitrogens is 4. The Hall–Kier alpha value is -14.9. The van der Waals surface area contributed by atoms with Gasteiger partial charge in [0.25, 0.3) is 0 Å².